The fraction of sp³-hybridized carbons (Fsp3) is 0.278. The van der Waals surface area contributed by atoms with Crippen LogP contribution in [0.5, 0.6) is 5.75 Å². The van der Waals surface area contributed by atoms with Gasteiger partial charge in [-0.3, -0.25) is 0 Å². The molecule has 1 aliphatic heterocycles. The van der Waals surface area contributed by atoms with Gasteiger partial charge in [0.05, 0.1) is 18.4 Å². The van der Waals surface area contributed by atoms with Crippen molar-refractivity contribution in [3.8, 4) is 5.75 Å². The van der Waals surface area contributed by atoms with Gasteiger partial charge in [-0.1, -0.05) is 37.3 Å². The summed E-state index contributed by atoms with van der Waals surface area (Å²) in [4.78, 5) is 0. The molecule has 1 aliphatic rings. The minimum Gasteiger partial charge on any atom is -0.494 e. The molecule has 108 valence electrons. The topological polar surface area (TPSA) is 33.6 Å². The van der Waals surface area contributed by atoms with E-state index in [1.807, 2.05) is 18.2 Å². The standard InChI is InChI=1S/C18H20N2O/c1-2-12-21-16-10-8-15(9-11-16)18-13-17(19-20-18)14-6-4-3-5-7-14/h3-11,17,19H,2,12-13H2,1H3. The van der Waals surface area contributed by atoms with Crippen LogP contribution in [0, 0.1) is 0 Å². The van der Waals surface area contributed by atoms with E-state index in [1.54, 1.807) is 0 Å². The first-order chi connectivity index (χ1) is 10.4. The number of hydrogen-bond donors (Lipinski definition) is 1. The number of nitrogens with one attached hydrogen (secondary N) is 1. The van der Waals surface area contributed by atoms with Gasteiger partial charge in [0.25, 0.3) is 0 Å². The molecule has 0 fully saturated rings. The summed E-state index contributed by atoms with van der Waals surface area (Å²) in [6, 6.07) is 18.9. The molecule has 3 heteroatoms. The van der Waals surface area contributed by atoms with Gasteiger partial charge in [0.2, 0.25) is 0 Å². The van der Waals surface area contributed by atoms with E-state index >= 15 is 0 Å². The molecule has 0 radical (unpaired) electrons. The van der Waals surface area contributed by atoms with Crippen molar-refractivity contribution < 1.29 is 4.74 Å². The molecule has 0 bridgehead atoms. The van der Waals surface area contributed by atoms with Crippen LogP contribution in [0.4, 0.5) is 0 Å². The molecule has 1 heterocycles. The summed E-state index contributed by atoms with van der Waals surface area (Å²) in [5, 5.41) is 4.48. The SMILES string of the molecule is CCCOc1ccc(C2=NNC(c3ccccc3)C2)cc1. The van der Waals surface area contributed by atoms with Gasteiger partial charge in [0, 0.05) is 6.42 Å². The monoisotopic (exact) mass is 280 g/mol. The van der Waals surface area contributed by atoms with Crippen molar-refractivity contribution in [2.24, 2.45) is 5.10 Å². The summed E-state index contributed by atoms with van der Waals surface area (Å²) in [6.45, 7) is 2.87. The molecule has 1 N–H and O–H groups in total. The maximum atomic E-state index is 5.61. The Morgan fingerprint density at radius 1 is 1.10 bits per heavy atom. The Labute approximate surface area is 125 Å². The lowest BCUT2D eigenvalue weighted by Crippen LogP contribution is -2.09. The summed E-state index contributed by atoms with van der Waals surface area (Å²) in [5.74, 6) is 0.923. The van der Waals surface area contributed by atoms with Gasteiger partial charge >= 0.3 is 0 Å². The maximum Gasteiger partial charge on any atom is 0.119 e. The Bertz CT molecular complexity index is 605. The highest BCUT2D eigenvalue weighted by Crippen LogP contribution is 2.25. The predicted molar refractivity (Wildman–Crippen MR) is 85.7 cm³/mol. The Balaban J connectivity index is 1.66. The van der Waals surface area contributed by atoms with Gasteiger partial charge in [-0.15, -0.1) is 0 Å². The fourth-order valence-corrected chi connectivity index (χ4v) is 2.46. The molecule has 2 aromatic carbocycles. The number of benzene rings is 2. The second-order valence-corrected chi connectivity index (χ2v) is 5.23. The Morgan fingerprint density at radius 3 is 2.57 bits per heavy atom. The van der Waals surface area contributed by atoms with Crippen LogP contribution >= 0.6 is 0 Å². The highest BCUT2D eigenvalue weighted by molar-refractivity contribution is 6.01. The zero-order valence-electron chi connectivity index (χ0n) is 12.3. The van der Waals surface area contributed by atoms with Gasteiger partial charge in [-0.25, -0.2) is 0 Å². The van der Waals surface area contributed by atoms with Crippen molar-refractivity contribution in [3.05, 3.63) is 65.7 Å². The first-order valence-corrected chi connectivity index (χ1v) is 7.47. The molecule has 0 saturated heterocycles. The minimum atomic E-state index is 0.275. The number of ether oxygens (including phenoxy) is 1. The van der Waals surface area contributed by atoms with Gasteiger partial charge in [-0.05, 0) is 41.8 Å². The molecule has 0 amide bonds. The third kappa shape index (κ3) is 3.24. The summed E-state index contributed by atoms with van der Waals surface area (Å²) < 4.78 is 5.61. The van der Waals surface area contributed by atoms with Crippen LogP contribution in [-0.2, 0) is 0 Å². The predicted octanol–water partition coefficient (Wildman–Crippen LogP) is 3.91. The lowest BCUT2D eigenvalue weighted by molar-refractivity contribution is 0.317. The van der Waals surface area contributed by atoms with Crippen LogP contribution in [0.1, 0.15) is 36.9 Å². The lowest BCUT2D eigenvalue weighted by Gasteiger charge is -2.09. The second-order valence-electron chi connectivity index (χ2n) is 5.23. The van der Waals surface area contributed by atoms with E-state index in [9.17, 15) is 0 Å². The third-order valence-electron chi connectivity index (χ3n) is 3.62. The van der Waals surface area contributed by atoms with Crippen molar-refractivity contribution in [1.82, 2.24) is 5.43 Å². The third-order valence-corrected chi connectivity index (χ3v) is 3.62. The molecule has 0 saturated carbocycles. The van der Waals surface area contributed by atoms with E-state index in [0.29, 0.717) is 0 Å². The van der Waals surface area contributed by atoms with Crippen molar-refractivity contribution in [1.29, 1.82) is 0 Å². The first kappa shape index (κ1) is 13.7. The fourth-order valence-electron chi connectivity index (χ4n) is 2.46. The van der Waals surface area contributed by atoms with E-state index in [0.717, 1.165) is 36.5 Å². The molecular weight excluding hydrogens is 260 g/mol. The van der Waals surface area contributed by atoms with Crippen LogP contribution in [0.25, 0.3) is 0 Å². The van der Waals surface area contributed by atoms with Crippen molar-refractivity contribution in [3.63, 3.8) is 0 Å². The molecule has 2 aromatic rings. The summed E-state index contributed by atoms with van der Waals surface area (Å²) in [6.07, 6.45) is 1.94. The quantitative estimate of drug-likeness (QED) is 0.900. The zero-order valence-corrected chi connectivity index (χ0v) is 12.3. The molecule has 3 nitrogen and oxygen atoms in total. The van der Waals surface area contributed by atoms with Gasteiger partial charge in [0.15, 0.2) is 0 Å². The first-order valence-electron chi connectivity index (χ1n) is 7.47. The van der Waals surface area contributed by atoms with Gasteiger partial charge in [-0.2, -0.15) is 5.10 Å². The van der Waals surface area contributed by atoms with Crippen molar-refractivity contribution in [2.45, 2.75) is 25.8 Å². The van der Waals surface area contributed by atoms with E-state index in [-0.39, 0.29) is 6.04 Å². The van der Waals surface area contributed by atoms with E-state index < -0.39 is 0 Å². The Kier molecular flexibility index (Phi) is 4.20. The molecule has 3 rings (SSSR count). The highest BCUT2D eigenvalue weighted by atomic mass is 16.5. The number of nitrogens with zero attached hydrogens (tertiary/aromatic N) is 1. The Hall–Kier alpha value is -2.29. The van der Waals surface area contributed by atoms with Crippen LogP contribution < -0.4 is 10.2 Å². The average Bonchev–Trinajstić information content (AvgIpc) is 3.04. The normalized spacial score (nSPS) is 17.2. The van der Waals surface area contributed by atoms with Gasteiger partial charge in [0.1, 0.15) is 5.75 Å². The van der Waals surface area contributed by atoms with E-state index in [2.05, 4.69) is 53.8 Å². The minimum absolute atomic E-state index is 0.275. The molecule has 0 aliphatic carbocycles. The van der Waals surface area contributed by atoms with Crippen LogP contribution in [0.2, 0.25) is 0 Å². The average molecular weight is 280 g/mol. The van der Waals surface area contributed by atoms with Crippen LogP contribution in [0.3, 0.4) is 0 Å². The van der Waals surface area contributed by atoms with Crippen molar-refractivity contribution >= 4 is 5.71 Å². The summed E-state index contributed by atoms with van der Waals surface area (Å²) in [5.41, 5.74) is 6.76. The molecule has 21 heavy (non-hydrogen) atoms. The largest absolute Gasteiger partial charge is 0.494 e. The maximum absolute atomic E-state index is 5.61. The number of rotatable bonds is 5. The summed E-state index contributed by atoms with van der Waals surface area (Å²) in [7, 11) is 0. The summed E-state index contributed by atoms with van der Waals surface area (Å²) >= 11 is 0. The molecule has 1 atom stereocenters. The smallest absolute Gasteiger partial charge is 0.119 e. The van der Waals surface area contributed by atoms with Gasteiger partial charge < -0.3 is 10.2 Å². The van der Waals surface area contributed by atoms with Crippen LogP contribution in [0.15, 0.2) is 59.7 Å². The zero-order chi connectivity index (χ0) is 14.5. The van der Waals surface area contributed by atoms with E-state index in [1.165, 1.54) is 5.56 Å². The number of hydrazone groups is 1. The molecule has 0 spiro atoms. The molecular formula is C18H20N2O. The number of hydrogen-bond acceptors (Lipinski definition) is 3. The lowest BCUT2D eigenvalue weighted by atomic mass is 9.99. The Morgan fingerprint density at radius 2 is 1.86 bits per heavy atom. The van der Waals surface area contributed by atoms with E-state index in [4.69, 9.17) is 4.74 Å². The molecule has 1 unspecified atom stereocenters. The van der Waals surface area contributed by atoms with Crippen molar-refractivity contribution in [2.75, 3.05) is 6.61 Å². The second kappa shape index (κ2) is 6.44. The van der Waals surface area contributed by atoms with Crippen LogP contribution in [-0.4, -0.2) is 12.3 Å². The molecule has 0 aromatic heterocycles. The highest BCUT2D eigenvalue weighted by Gasteiger charge is 2.20.